The molecule has 1 aliphatic rings. The van der Waals surface area contributed by atoms with Crippen molar-refractivity contribution < 1.29 is 28.2 Å². The third-order valence-electron chi connectivity index (χ3n) is 3.90. The van der Waals surface area contributed by atoms with Gasteiger partial charge in [0.05, 0.1) is 12.1 Å². The minimum Gasteiger partial charge on any atom is -0.508 e. The Hall–Kier alpha value is -2.39. The summed E-state index contributed by atoms with van der Waals surface area (Å²) in [7, 11) is 0. The van der Waals surface area contributed by atoms with Crippen molar-refractivity contribution in [2.75, 3.05) is 0 Å². The second kappa shape index (κ2) is 6.40. The molecule has 2 N–H and O–H groups in total. The van der Waals surface area contributed by atoms with Crippen LogP contribution in [0.4, 0.5) is 13.2 Å². The highest BCUT2D eigenvalue weighted by Gasteiger charge is 2.63. The van der Waals surface area contributed by atoms with Crippen molar-refractivity contribution in [3.05, 3.63) is 64.1 Å². The van der Waals surface area contributed by atoms with Crippen LogP contribution in [0.25, 0.3) is 0 Å². The molecule has 3 rings (SSSR count). The molecular weight excluding hydrogens is 417 g/mol. The van der Waals surface area contributed by atoms with Crippen LogP contribution in [-0.2, 0) is 0 Å². The Kier molecular flexibility index (Phi) is 4.53. The van der Waals surface area contributed by atoms with Crippen molar-refractivity contribution >= 4 is 27.5 Å². The predicted molar refractivity (Wildman–Crippen MR) is 90.6 cm³/mol. The first-order valence-electron chi connectivity index (χ1n) is 7.38. The molecule has 0 aliphatic carbocycles. The van der Waals surface area contributed by atoms with Gasteiger partial charge in [-0.2, -0.15) is 23.3 Å². The van der Waals surface area contributed by atoms with Crippen molar-refractivity contribution in [2.24, 2.45) is 5.10 Å². The minimum absolute atomic E-state index is 0.0269. The minimum atomic E-state index is -5.12. The van der Waals surface area contributed by atoms with Crippen molar-refractivity contribution in [1.29, 1.82) is 0 Å². The third-order valence-corrected chi connectivity index (χ3v) is 4.43. The van der Waals surface area contributed by atoms with Crippen LogP contribution in [-0.4, -0.2) is 38.7 Å². The van der Waals surface area contributed by atoms with Gasteiger partial charge < -0.3 is 10.2 Å². The molecule has 0 aromatic heterocycles. The highest BCUT2D eigenvalue weighted by molar-refractivity contribution is 9.10. The summed E-state index contributed by atoms with van der Waals surface area (Å²) in [4.78, 5) is 12.5. The van der Waals surface area contributed by atoms with Gasteiger partial charge in [-0.3, -0.25) is 4.79 Å². The van der Waals surface area contributed by atoms with Crippen LogP contribution in [0, 0.1) is 0 Å². The number of phenolic OH excluding ortho intramolecular Hbond substituents is 1. The molecule has 2 aromatic carbocycles. The van der Waals surface area contributed by atoms with E-state index in [0.717, 1.165) is 10.5 Å². The van der Waals surface area contributed by atoms with Crippen LogP contribution in [0.15, 0.2) is 58.1 Å². The van der Waals surface area contributed by atoms with E-state index in [1.807, 2.05) is 0 Å². The van der Waals surface area contributed by atoms with Gasteiger partial charge in [0, 0.05) is 10.0 Å². The number of carbonyl (C=O) groups is 1. The fourth-order valence-corrected chi connectivity index (χ4v) is 2.81. The normalized spacial score (nSPS) is 20.2. The zero-order chi connectivity index (χ0) is 19.1. The van der Waals surface area contributed by atoms with Gasteiger partial charge in [-0.1, -0.05) is 34.1 Å². The van der Waals surface area contributed by atoms with Gasteiger partial charge in [-0.25, -0.2) is 0 Å². The van der Waals surface area contributed by atoms with Gasteiger partial charge in [-0.15, -0.1) is 0 Å². The monoisotopic (exact) mass is 428 g/mol. The number of alkyl halides is 3. The molecular formula is C17H12BrF3N2O3. The van der Waals surface area contributed by atoms with Crippen LogP contribution < -0.4 is 0 Å². The summed E-state index contributed by atoms with van der Waals surface area (Å²) in [6.07, 6.45) is -6.03. The lowest BCUT2D eigenvalue weighted by Crippen LogP contribution is -2.56. The molecule has 0 saturated carbocycles. The molecule has 1 aliphatic heterocycles. The fourth-order valence-electron chi connectivity index (χ4n) is 2.54. The first kappa shape index (κ1) is 18.4. The van der Waals surface area contributed by atoms with Gasteiger partial charge >= 0.3 is 6.18 Å². The molecule has 26 heavy (non-hydrogen) atoms. The largest absolute Gasteiger partial charge is 0.508 e. The van der Waals surface area contributed by atoms with Crippen molar-refractivity contribution in [3.8, 4) is 5.75 Å². The molecule has 1 heterocycles. The SMILES string of the molecule is O=C(c1cccc(O)c1)N1N=C(c2ccc(Br)cc2)CC1(O)C(F)(F)F. The Morgan fingerprint density at radius 3 is 2.42 bits per heavy atom. The van der Waals surface area contributed by atoms with Crippen LogP contribution >= 0.6 is 15.9 Å². The Morgan fingerprint density at radius 2 is 1.85 bits per heavy atom. The molecule has 2 aromatic rings. The second-order valence-electron chi connectivity index (χ2n) is 5.71. The lowest BCUT2D eigenvalue weighted by atomic mass is 10.0. The average Bonchev–Trinajstić information content (AvgIpc) is 2.94. The topological polar surface area (TPSA) is 73.1 Å². The number of aromatic hydroxyl groups is 1. The molecule has 136 valence electrons. The summed E-state index contributed by atoms with van der Waals surface area (Å²) in [5.74, 6) is -1.46. The Morgan fingerprint density at radius 1 is 1.19 bits per heavy atom. The number of carbonyl (C=O) groups excluding carboxylic acids is 1. The molecule has 0 fully saturated rings. The summed E-state index contributed by atoms with van der Waals surface area (Å²) in [5.41, 5.74) is -3.43. The Bertz CT molecular complexity index is 884. The Labute approximate surface area is 154 Å². The number of rotatable bonds is 2. The van der Waals surface area contributed by atoms with Gasteiger partial charge in [0.25, 0.3) is 11.6 Å². The molecule has 5 nitrogen and oxygen atoms in total. The third kappa shape index (κ3) is 3.19. The number of benzene rings is 2. The number of halogens is 4. The number of hydrazone groups is 1. The first-order valence-corrected chi connectivity index (χ1v) is 8.17. The summed E-state index contributed by atoms with van der Waals surface area (Å²) in [6, 6.07) is 11.1. The summed E-state index contributed by atoms with van der Waals surface area (Å²) in [5, 5.41) is 23.5. The van der Waals surface area contributed by atoms with Crippen molar-refractivity contribution in [2.45, 2.75) is 18.3 Å². The predicted octanol–water partition coefficient (Wildman–Crippen LogP) is 3.66. The smallest absolute Gasteiger partial charge is 0.438 e. The number of hydrogen-bond acceptors (Lipinski definition) is 4. The van der Waals surface area contributed by atoms with E-state index in [1.54, 1.807) is 12.1 Å². The van der Waals surface area contributed by atoms with Gasteiger partial charge in [0.1, 0.15) is 5.75 Å². The quantitative estimate of drug-likeness (QED) is 0.766. The fraction of sp³-hybridized carbons (Fsp3) is 0.176. The molecule has 1 atom stereocenters. The lowest BCUT2D eigenvalue weighted by Gasteiger charge is -2.32. The van der Waals surface area contributed by atoms with Gasteiger partial charge in [-0.05, 0) is 35.9 Å². The lowest BCUT2D eigenvalue weighted by molar-refractivity contribution is -0.297. The highest BCUT2D eigenvalue weighted by atomic mass is 79.9. The molecule has 1 unspecified atom stereocenters. The summed E-state index contributed by atoms with van der Waals surface area (Å²) in [6.45, 7) is 0. The molecule has 0 spiro atoms. The average molecular weight is 429 g/mol. The van der Waals surface area contributed by atoms with Crippen LogP contribution in [0.5, 0.6) is 5.75 Å². The van der Waals surface area contributed by atoms with Crippen LogP contribution in [0.1, 0.15) is 22.3 Å². The van der Waals surface area contributed by atoms with Crippen molar-refractivity contribution in [1.82, 2.24) is 5.01 Å². The van der Waals surface area contributed by atoms with Crippen molar-refractivity contribution in [3.63, 3.8) is 0 Å². The molecule has 1 amide bonds. The van der Waals surface area contributed by atoms with E-state index in [1.165, 1.54) is 30.3 Å². The maximum absolute atomic E-state index is 13.5. The second-order valence-corrected chi connectivity index (χ2v) is 6.63. The standard InChI is InChI=1S/C17H12BrF3N2O3/c18-12-6-4-10(5-7-12)14-9-16(26,17(19,20)21)23(22-14)15(25)11-2-1-3-13(24)8-11/h1-8,24,26H,9H2. The van der Waals surface area contributed by atoms with E-state index in [9.17, 15) is 28.2 Å². The molecule has 0 bridgehead atoms. The number of nitrogens with zero attached hydrogens (tertiary/aromatic N) is 2. The molecule has 9 heteroatoms. The van der Waals surface area contributed by atoms with Gasteiger partial charge in [0.2, 0.25) is 0 Å². The highest BCUT2D eigenvalue weighted by Crippen LogP contribution is 2.42. The number of hydrogen-bond donors (Lipinski definition) is 2. The molecule has 0 saturated heterocycles. The van der Waals surface area contributed by atoms with Crippen LogP contribution in [0.3, 0.4) is 0 Å². The van der Waals surface area contributed by atoms with E-state index in [0.29, 0.717) is 5.56 Å². The zero-order valence-electron chi connectivity index (χ0n) is 13.0. The first-order chi connectivity index (χ1) is 12.1. The maximum Gasteiger partial charge on any atom is 0.438 e. The molecule has 0 radical (unpaired) electrons. The van der Waals surface area contributed by atoms with E-state index in [4.69, 9.17) is 0 Å². The van der Waals surface area contributed by atoms with E-state index in [-0.39, 0.29) is 22.0 Å². The number of amides is 1. The summed E-state index contributed by atoms with van der Waals surface area (Å²) < 4.78 is 41.3. The van der Waals surface area contributed by atoms with Gasteiger partial charge in [0.15, 0.2) is 0 Å². The summed E-state index contributed by atoms with van der Waals surface area (Å²) >= 11 is 3.22. The maximum atomic E-state index is 13.5. The number of aliphatic hydroxyl groups is 1. The Balaban J connectivity index is 2.05. The van der Waals surface area contributed by atoms with E-state index < -0.39 is 24.2 Å². The van der Waals surface area contributed by atoms with E-state index >= 15 is 0 Å². The van der Waals surface area contributed by atoms with E-state index in [2.05, 4.69) is 21.0 Å². The number of phenols is 1. The van der Waals surface area contributed by atoms with Crippen LogP contribution in [0.2, 0.25) is 0 Å². The zero-order valence-corrected chi connectivity index (χ0v) is 14.6.